The van der Waals surface area contributed by atoms with Crippen molar-refractivity contribution in [2.45, 2.75) is 44.6 Å². The number of anilines is 1. The van der Waals surface area contributed by atoms with E-state index in [-0.39, 0.29) is 22.9 Å². The third-order valence-electron chi connectivity index (χ3n) is 6.44. The number of carbonyl (C=O) groups excluding carboxylic acids is 2. The van der Waals surface area contributed by atoms with Crippen molar-refractivity contribution >= 4 is 23.1 Å². The van der Waals surface area contributed by atoms with Crippen LogP contribution in [-0.2, 0) is 4.79 Å². The van der Waals surface area contributed by atoms with Gasteiger partial charge in [-0.2, -0.15) is 0 Å². The van der Waals surface area contributed by atoms with Crippen molar-refractivity contribution in [1.29, 1.82) is 0 Å². The van der Waals surface area contributed by atoms with Crippen LogP contribution in [0, 0.1) is 16.0 Å². The smallest absolute Gasteiger partial charge is 0.270 e. The molecule has 1 amide bonds. The molecule has 7 heteroatoms. The second kappa shape index (κ2) is 9.39. The number of carbonyl (C=O) groups is 2. The van der Waals surface area contributed by atoms with E-state index in [2.05, 4.69) is 10.2 Å². The van der Waals surface area contributed by atoms with Crippen molar-refractivity contribution in [3.8, 4) is 0 Å². The Labute approximate surface area is 181 Å². The van der Waals surface area contributed by atoms with Crippen molar-refractivity contribution in [3.63, 3.8) is 0 Å². The molecular weight excluding hydrogens is 394 g/mol. The van der Waals surface area contributed by atoms with Crippen LogP contribution in [0.5, 0.6) is 0 Å². The number of nitrogens with one attached hydrogen (secondary N) is 1. The van der Waals surface area contributed by atoms with Crippen molar-refractivity contribution in [3.05, 3.63) is 69.8 Å². The number of fused-ring (bicyclic) bond motifs is 1. The molecule has 0 saturated carbocycles. The Morgan fingerprint density at radius 2 is 1.81 bits per heavy atom. The average Bonchev–Trinajstić information content (AvgIpc) is 2.79. The lowest BCUT2D eigenvalue weighted by Crippen LogP contribution is -2.48. The number of nitro groups is 1. The maximum Gasteiger partial charge on any atom is 0.270 e. The van der Waals surface area contributed by atoms with Crippen molar-refractivity contribution in [1.82, 2.24) is 4.90 Å². The molecule has 0 aromatic heterocycles. The summed E-state index contributed by atoms with van der Waals surface area (Å²) in [5.41, 5.74) is 0.698. The molecular formula is C24H27N3O4. The van der Waals surface area contributed by atoms with Gasteiger partial charge in [-0.15, -0.1) is 0 Å². The van der Waals surface area contributed by atoms with E-state index < -0.39 is 4.92 Å². The van der Waals surface area contributed by atoms with Gasteiger partial charge in [0.15, 0.2) is 5.78 Å². The van der Waals surface area contributed by atoms with Gasteiger partial charge in [0.05, 0.1) is 16.2 Å². The van der Waals surface area contributed by atoms with Crippen LogP contribution in [0.25, 0.3) is 0 Å². The Bertz CT molecular complexity index is 974. The second-order valence-electron chi connectivity index (χ2n) is 8.44. The minimum Gasteiger partial charge on any atom is -0.325 e. The molecule has 4 rings (SSSR count). The molecule has 0 bridgehead atoms. The molecule has 0 radical (unpaired) electrons. The Morgan fingerprint density at radius 3 is 2.58 bits per heavy atom. The fourth-order valence-corrected chi connectivity index (χ4v) is 4.94. The summed E-state index contributed by atoms with van der Waals surface area (Å²) in [6.07, 6.45) is 6.10. The summed E-state index contributed by atoms with van der Waals surface area (Å²) in [5, 5.41) is 14.1. The zero-order valence-electron chi connectivity index (χ0n) is 17.5. The number of ketones is 1. The molecule has 2 aromatic carbocycles. The van der Waals surface area contributed by atoms with Crippen LogP contribution in [-0.4, -0.2) is 40.6 Å². The molecule has 1 N–H and O–H groups in total. The van der Waals surface area contributed by atoms with E-state index in [4.69, 9.17) is 0 Å². The van der Waals surface area contributed by atoms with Gasteiger partial charge in [-0.3, -0.25) is 19.7 Å². The summed E-state index contributed by atoms with van der Waals surface area (Å²) in [6, 6.07) is 13.1. The maximum atomic E-state index is 13.0. The number of hydrogen-bond acceptors (Lipinski definition) is 5. The SMILES string of the molecule is O=C(C[C@H]1CCCN2CCCC[C@H]12)Nc1ccc([N+](=O)[O-])cc1C(=O)c1ccccc1. The normalized spacial score (nSPS) is 21.2. The highest BCUT2D eigenvalue weighted by Gasteiger charge is 2.34. The topological polar surface area (TPSA) is 92.6 Å². The summed E-state index contributed by atoms with van der Waals surface area (Å²) in [4.78, 5) is 39.2. The summed E-state index contributed by atoms with van der Waals surface area (Å²) in [6.45, 7) is 2.22. The van der Waals surface area contributed by atoms with E-state index in [1.807, 2.05) is 0 Å². The van der Waals surface area contributed by atoms with Gasteiger partial charge in [-0.05, 0) is 50.8 Å². The molecule has 2 aliphatic heterocycles. The van der Waals surface area contributed by atoms with Gasteiger partial charge in [-0.1, -0.05) is 36.8 Å². The van der Waals surface area contributed by atoms with Crippen molar-refractivity contribution in [2.75, 3.05) is 18.4 Å². The lowest BCUT2D eigenvalue weighted by molar-refractivity contribution is -0.384. The highest BCUT2D eigenvalue weighted by Crippen LogP contribution is 2.33. The molecule has 2 aromatic rings. The quantitative estimate of drug-likeness (QED) is 0.423. The predicted molar refractivity (Wildman–Crippen MR) is 118 cm³/mol. The molecule has 2 aliphatic rings. The zero-order valence-corrected chi connectivity index (χ0v) is 17.5. The molecule has 31 heavy (non-hydrogen) atoms. The number of amides is 1. The number of piperidine rings is 2. The molecule has 2 saturated heterocycles. The molecule has 2 fully saturated rings. The monoisotopic (exact) mass is 421 g/mol. The number of non-ortho nitro benzene ring substituents is 1. The summed E-state index contributed by atoms with van der Waals surface area (Å²) < 4.78 is 0. The van der Waals surface area contributed by atoms with Crippen molar-refractivity contribution < 1.29 is 14.5 Å². The number of hydrogen-bond donors (Lipinski definition) is 1. The fraction of sp³-hybridized carbons (Fsp3) is 0.417. The largest absolute Gasteiger partial charge is 0.325 e. The van der Waals surface area contributed by atoms with E-state index >= 15 is 0 Å². The standard InChI is InChI=1S/C24H27N3O4/c28-23(15-18-9-6-14-26-13-5-4-10-22(18)26)25-21-12-11-19(27(30)31)16-20(21)24(29)17-7-2-1-3-8-17/h1-3,7-8,11-12,16,18,22H,4-6,9-10,13-15H2,(H,25,28)/t18-,22-/m1/s1. The van der Waals surface area contributed by atoms with E-state index in [9.17, 15) is 19.7 Å². The van der Waals surface area contributed by atoms with Gasteiger partial charge in [0.2, 0.25) is 5.91 Å². The van der Waals surface area contributed by atoms with Crippen LogP contribution in [0.3, 0.4) is 0 Å². The maximum absolute atomic E-state index is 13.0. The van der Waals surface area contributed by atoms with Crippen LogP contribution in [0.4, 0.5) is 11.4 Å². The van der Waals surface area contributed by atoms with Crippen LogP contribution < -0.4 is 5.32 Å². The molecule has 0 unspecified atom stereocenters. The first-order valence-electron chi connectivity index (χ1n) is 10.9. The Morgan fingerprint density at radius 1 is 1.03 bits per heavy atom. The minimum absolute atomic E-state index is 0.136. The Kier molecular flexibility index (Phi) is 6.42. The van der Waals surface area contributed by atoms with Crippen LogP contribution in [0.2, 0.25) is 0 Å². The lowest BCUT2D eigenvalue weighted by atomic mass is 9.81. The Hall–Kier alpha value is -3.06. The van der Waals surface area contributed by atoms with Gasteiger partial charge < -0.3 is 10.2 Å². The first-order chi connectivity index (χ1) is 15.0. The van der Waals surface area contributed by atoms with E-state index in [1.54, 1.807) is 30.3 Å². The first-order valence-corrected chi connectivity index (χ1v) is 10.9. The molecule has 162 valence electrons. The number of rotatable bonds is 6. The van der Waals surface area contributed by atoms with Gasteiger partial charge in [-0.25, -0.2) is 0 Å². The highest BCUT2D eigenvalue weighted by atomic mass is 16.6. The number of nitrogens with zero attached hydrogens (tertiary/aromatic N) is 2. The summed E-state index contributed by atoms with van der Waals surface area (Å²) >= 11 is 0. The molecule has 0 spiro atoms. The van der Waals surface area contributed by atoms with Crippen molar-refractivity contribution in [2.24, 2.45) is 5.92 Å². The van der Waals surface area contributed by atoms with Crippen LogP contribution in [0.15, 0.2) is 48.5 Å². The summed E-state index contributed by atoms with van der Waals surface area (Å²) in [7, 11) is 0. The summed E-state index contributed by atoms with van der Waals surface area (Å²) in [5.74, 6) is -0.190. The van der Waals surface area contributed by atoms with Crippen LogP contribution in [0.1, 0.15) is 54.4 Å². The predicted octanol–water partition coefficient (Wildman–Crippen LogP) is 4.42. The average molecular weight is 421 g/mol. The van der Waals surface area contributed by atoms with Gasteiger partial charge in [0.1, 0.15) is 0 Å². The molecule has 2 heterocycles. The minimum atomic E-state index is -0.535. The first kappa shape index (κ1) is 21.2. The Balaban J connectivity index is 1.54. The fourth-order valence-electron chi connectivity index (χ4n) is 4.94. The van der Waals surface area contributed by atoms with Gasteiger partial charge in [0, 0.05) is 30.2 Å². The molecule has 2 atom stereocenters. The van der Waals surface area contributed by atoms with Gasteiger partial charge in [0.25, 0.3) is 5.69 Å². The number of benzene rings is 2. The van der Waals surface area contributed by atoms with E-state index in [0.29, 0.717) is 29.6 Å². The van der Waals surface area contributed by atoms with E-state index in [1.165, 1.54) is 31.0 Å². The molecule has 0 aliphatic carbocycles. The third-order valence-corrected chi connectivity index (χ3v) is 6.44. The second-order valence-corrected chi connectivity index (χ2v) is 8.44. The molecule has 7 nitrogen and oxygen atoms in total. The lowest BCUT2D eigenvalue weighted by Gasteiger charge is -2.44. The zero-order chi connectivity index (χ0) is 21.8. The van der Waals surface area contributed by atoms with E-state index in [0.717, 1.165) is 32.4 Å². The van der Waals surface area contributed by atoms with Gasteiger partial charge >= 0.3 is 0 Å². The number of nitro benzene ring substituents is 1. The third kappa shape index (κ3) is 4.82. The highest BCUT2D eigenvalue weighted by molar-refractivity contribution is 6.14. The van der Waals surface area contributed by atoms with Crippen LogP contribution >= 0.6 is 0 Å².